The van der Waals surface area contributed by atoms with Crippen LogP contribution in [0.1, 0.15) is 40.2 Å². The van der Waals surface area contributed by atoms with E-state index in [0.717, 1.165) is 4.90 Å². The van der Waals surface area contributed by atoms with Crippen LogP contribution in [-0.4, -0.2) is 64.9 Å². The molecule has 0 saturated carbocycles. The van der Waals surface area contributed by atoms with E-state index in [9.17, 15) is 27.6 Å². The highest BCUT2D eigenvalue weighted by atomic mass is 32.2. The van der Waals surface area contributed by atoms with Crippen LogP contribution in [0.3, 0.4) is 0 Å². The molecule has 3 atom stereocenters. The molecule has 216 valence electrons. The lowest BCUT2D eigenvalue weighted by Gasteiger charge is -2.39. The second-order valence-corrected chi connectivity index (χ2v) is 12.5. The fourth-order valence-electron chi connectivity index (χ4n) is 5.20. The van der Waals surface area contributed by atoms with Gasteiger partial charge in [-0.1, -0.05) is 60.7 Å². The fraction of sp³-hybridized carbons (Fsp3) is 0.207. The highest BCUT2D eigenvalue weighted by molar-refractivity contribution is 7.94. The summed E-state index contributed by atoms with van der Waals surface area (Å²) in [5, 5.41) is -1.57. The summed E-state index contributed by atoms with van der Waals surface area (Å²) >= 11 is 0. The monoisotopic (exact) mass is 590 g/mol. The number of β-lactam (4-membered cyclic amide) rings is 1. The van der Waals surface area contributed by atoms with Crippen molar-refractivity contribution in [3.05, 3.63) is 107 Å². The molecule has 0 spiro atoms. The van der Waals surface area contributed by atoms with E-state index in [1.807, 2.05) is 0 Å². The van der Waals surface area contributed by atoms with Gasteiger partial charge in [-0.15, -0.1) is 0 Å². The SMILES string of the molecule is C[C@]1(COC(N)=O)[C@H](C(=O)OC(c2ccccc2)c2ccccc2)N2C(=O)C(=Cc3cc(C(N)=O)ccn3)[C@H]2S1(=O)=O. The Kier molecular flexibility index (Phi) is 7.29. The summed E-state index contributed by atoms with van der Waals surface area (Å²) in [5.41, 5.74) is 11.7. The standard InChI is InChI=1S/C29H26N4O8S/c1-29(16-40-28(31)37)23(27(36)41-22(17-8-4-2-5-9-17)18-10-6-3-7-11-18)33-25(35)21(26(33)42(29,38)39)15-20-14-19(24(30)34)12-13-32-20/h2-15,22-23,26H,16H2,1H3,(H2,30,34)(H2,31,37)/t23-,26+,29-/m0/s1. The van der Waals surface area contributed by atoms with Crippen LogP contribution in [0, 0.1) is 0 Å². The second kappa shape index (κ2) is 10.7. The number of ether oxygens (including phenoxy) is 2. The van der Waals surface area contributed by atoms with E-state index in [2.05, 4.69) is 4.98 Å². The zero-order valence-corrected chi connectivity index (χ0v) is 23.1. The Balaban J connectivity index is 1.56. The molecule has 4 N–H and O–H groups in total. The van der Waals surface area contributed by atoms with E-state index >= 15 is 0 Å². The van der Waals surface area contributed by atoms with Gasteiger partial charge >= 0.3 is 12.1 Å². The molecule has 0 unspecified atom stereocenters. The Hall–Kier alpha value is -5.04. The summed E-state index contributed by atoms with van der Waals surface area (Å²) < 4.78 is 36.7. The number of benzene rings is 2. The Morgan fingerprint density at radius 2 is 1.62 bits per heavy atom. The van der Waals surface area contributed by atoms with E-state index in [4.69, 9.17) is 20.9 Å². The first kappa shape index (κ1) is 28.5. The predicted molar refractivity (Wildman–Crippen MR) is 149 cm³/mol. The van der Waals surface area contributed by atoms with Crippen LogP contribution in [0.5, 0.6) is 0 Å². The first-order chi connectivity index (χ1) is 20.0. The van der Waals surface area contributed by atoms with Crippen molar-refractivity contribution in [2.45, 2.75) is 29.2 Å². The number of carbonyl (C=O) groups is 4. The third-order valence-electron chi connectivity index (χ3n) is 7.33. The number of hydrogen-bond donors (Lipinski definition) is 2. The molecule has 42 heavy (non-hydrogen) atoms. The second-order valence-electron chi connectivity index (χ2n) is 10.0. The van der Waals surface area contributed by atoms with Crippen molar-refractivity contribution < 1.29 is 37.1 Å². The number of pyridine rings is 1. The first-order valence-corrected chi connectivity index (χ1v) is 14.3. The topological polar surface area (TPSA) is 189 Å². The summed E-state index contributed by atoms with van der Waals surface area (Å²) in [6.07, 6.45) is 0.311. The lowest BCUT2D eigenvalue weighted by Crippen LogP contribution is -2.60. The van der Waals surface area contributed by atoms with Gasteiger partial charge in [-0.3, -0.25) is 14.6 Å². The summed E-state index contributed by atoms with van der Waals surface area (Å²) in [7, 11) is -4.43. The van der Waals surface area contributed by atoms with Crippen LogP contribution >= 0.6 is 0 Å². The maximum atomic E-state index is 14.0. The number of amides is 3. The Morgan fingerprint density at radius 3 is 2.17 bits per heavy atom. The number of sulfone groups is 1. The van der Waals surface area contributed by atoms with Gasteiger partial charge in [0.2, 0.25) is 5.91 Å². The fourth-order valence-corrected chi connectivity index (χ4v) is 7.47. The molecule has 2 aliphatic rings. The molecule has 0 radical (unpaired) electrons. The first-order valence-electron chi connectivity index (χ1n) is 12.7. The van der Waals surface area contributed by atoms with Crippen LogP contribution in [-0.2, 0) is 28.9 Å². The maximum absolute atomic E-state index is 14.0. The maximum Gasteiger partial charge on any atom is 0.404 e. The predicted octanol–water partition coefficient (Wildman–Crippen LogP) is 1.72. The summed E-state index contributed by atoms with van der Waals surface area (Å²) in [6, 6.07) is 18.6. The van der Waals surface area contributed by atoms with Crippen LogP contribution in [0.2, 0.25) is 0 Å². The summed E-state index contributed by atoms with van der Waals surface area (Å²) in [5.74, 6) is -2.52. The number of nitrogens with zero attached hydrogens (tertiary/aromatic N) is 2. The van der Waals surface area contributed by atoms with E-state index < -0.39 is 62.6 Å². The average molecular weight is 591 g/mol. The molecule has 2 aliphatic heterocycles. The lowest BCUT2D eigenvalue weighted by atomic mass is 9.93. The minimum Gasteiger partial charge on any atom is -0.451 e. The van der Waals surface area contributed by atoms with E-state index in [-0.39, 0.29) is 16.8 Å². The van der Waals surface area contributed by atoms with E-state index in [1.165, 1.54) is 31.3 Å². The van der Waals surface area contributed by atoms with Crippen LogP contribution in [0.25, 0.3) is 6.08 Å². The van der Waals surface area contributed by atoms with Gasteiger partial charge in [-0.25, -0.2) is 18.0 Å². The van der Waals surface area contributed by atoms with Crippen molar-refractivity contribution in [1.82, 2.24) is 9.88 Å². The zero-order valence-electron chi connectivity index (χ0n) is 22.2. The highest BCUT2D eigenvalue weighted by Gasteiger charge is 2.73. The minimum atomic E-state index is -4.43. The molecular formula is C29H26N4O8S. The molecule has 1 aromatic heterocycles. The third-order valence-corrected chi connectivity index (χ3v) is 10.0. The normalized spacial score (nSPS) is 23.2. The Bertz CT molecular complexity index is 1670. The van der Waals surface area contributed by atoms with Crippen molar-refractivity contribution >= 4 is 39.8 Å². The van der Waals surface area contributed by atoms with Crippen molar-refractivity contribution in [3.8, 4) is 0 Å². The van der Waals surface area contributed by atoms with Crippen LogP contribution < -0.4 is 11.5 Å². The van der Waals surface area contributed by atoms with Crippen LogP contribution in [0.15, 0.2) is 84.6 Å². The molecule has 3 aromatic rings. The van der Waals surface area contributed by atoms with Crippen molar-refractivity contribution in [1.29, 1.82) is 0 Å². The van der Waals surface area contributed by atoms with Gasteiger partial charge in [0, 0.05) is 11.8 Å². The Morgan fingerprint density at radius 1 is 1.02 bits per heavy atom. The van der Waals surface area contributed by atoms with Crippen molar-refractivity contribution in [3.63, 3.8) is 0 Å². The molecule has 2 fully saturated rings. The van der Waals surface area contributed by atoms with Gasteiger partial charge < -0.3 is 25.8 Å². The molecule has 13 heteroatoms. The van der Waals surface area contributed by atoms with E-state index in [1.54, 1.807) is 60.7 Å². The number of aromatic nitrogens is 1. The number of esters is 1. The molecule has 12 nitrogen and oxygen atoms in total. The summed E-state index contributed by atoms with van der Waals surface area (Å²) in [6.45, 7) is 0.390. The number of fused-ring (bicyclic) bond motifs is 1. The van der Waals surface area contributed by atoms with Gasteiger partial charge in [-0.2, -0.15) is 0 Å². The molecule has 3 amide bonds. The molecule has 2 saturated heterocycles. The molecule has 0 aliphatic carbocycles. The van der Waals surface area contributed by atoms with Crippen molar-refractivity contribution in [2.75, 3.05) is 6.61 Å². The van der Waals surface area contributed by atoms with Gasteiger partial charge in [-0.05, 0) is 36.3 Å². The lowest BCUT2D eigenvalue weighted by molar-refractivity contribution is -0.161. The Labute approximate surface area is 240 Å². The molecule has 2 aromatic carbocycles. The van der Waals surface area contributed by atoms with Crippen LogP contribution in [0.4, 0.5) is 4.79 Å². The number of nitrogens with two attached hydrogens (primary N) is 2. The third kappa shape index (κ3) is 4.77. The minimum absolute atomic E-state index is 0.101. The van der Waals surface area contributed by atoms with Gasteiger partial charge in [0.25, 0.3) is 5.91 Å². The highest BCUT2D eigenvalue weighted by Crippen LogP contribution is 2.50. The quantitative estimate of drug-likeness (QED) is 0.223. The number of carbonyl (C=O) groups excluding carboxylic acids is 4. The van der Waals surface area contributed by atoms with Gasteiger partial charge in [0.1, 0.15) is 11.4 Å². The molecule has 5 rings (SSSR count). The average Bonchev–Trinajstić information content (AvgIpc) is 3.14. The number of primary amides is 2. The summed E-state index contributed by atoms with van der Waals surface area (Å²) in [4.78, 5) is 55.5. The zero-order chi connectivity index (χ0) is 30.2. The molecule has 0 bridgehead atoms. The smallest absolute Gasteiger partial charge is 0.404 e. The molecule has 3 heterocycles. The molecular weight excluding hydrogens is 564 g/mol. The van der Waals surface area contributed by atoms with E-state index in [0.29, 0.717) is 11.1 Å². The van der Waals surface area contributed by atoms with Gasteiger partial charge in [0.15, 0.2) is 27.4 Å². The van der Waals surface area contributed by atoms with Gasteiger partial charge in [0.05, 0.1) is 11.3 Å². The largest absolute Gasteiger partial charge is 0.451 e. The number of hydrogen-bond acceptors (Lipinski definition) is 9. The van der Waals surface area contributed by atoms with Crippen molar-refractivity contribution in [2.24, 2.45) is 11.5 Å². The number of rotatable bonds is 8.